The van der Waals surface area contributed by atoms with Crippen molar-refractivity contribution in [1.82, 2.24) is 0 Å². The van der Waals surface area contributed by atoms with Gasteiger partial charge in [-0.3, -0.25) is 0 Å². The second-order valence-electron chi connectivity index (χ2n) is 5.11. The molecule has 2 heterocycles. The highest BCUT2D eigenvalue weighted by Crippen LogP contribution is 2.33. The first-order chi connectivity index (χ1) is 10.3. The molecule has 1 aliphatic heterocycles. The van der Waals surface area contributed by atoms with E-state index in [1.54, 1.807) is 0 Å². The summed E-state index contributed by atoms with van der Waals surface area (Å²) < 4.78 is 16.9. The zero-order valence-corrected chi connectivity index (χ0v) is 11.6. The maximum absolute atomic E-state index is 8.89. The van der Waals surface area contributed by atoms with E-state index in [0.717, 1.165) is 31.4 Å². The number of para-hydroxylation sites is 1. The molecular weight excluding hydrogens is 272 g/mol. The van der Waals surface area contributed by atoms with E-state index in [2.05, 4.69) is 5.16 Å². The number of oxime groups is 1. The van der Waals surface area contributed by atoms with Gasteiger partial charge in [0.25, 0.3) is 0 Å². The maximum atomic E-state index is 8.89. The van der Waals surface area contributed by atoms with Crippen molar-refractivity contribution >= 4 is 16.8 Å². The van der Waals surface area contributed by atoms with Crippen LogP contribution in [0.4, 0.5) is 0 Å². The number of benzene rings is 1. The fourth-order valence-corrected chi connectivity index (χ4v) is 2.49. The van der Waals surface area contributed by atoms with Gasteiger partial charge in [0.1, 0.15) is 5.58 Å². The van der Waals surface area contributed by atoms with Gasteiger partial charge in [-0.2, -0.15) is 0 Å². The molecule has 0 atom stereocenters. The third-order valence-electron chi connectivity index (χ3n) is 3.69. The number of hydrogen-bond acceptors (Lipinski definition) is 5. The monoisotopic (exact) mass is 290 g/mol. The third-order valence-corrected chi connectivity index (χ3v) is 3.69. The van der Waals surface area contributed by atoms with Crippen LogP contribution in [0.1, 0.15) is 18.6 Å². The predicted molar refractivity (Wildman–Crippen MR) is 77.8 cm³/mol. The number of nitrogens with two attached hydrogens (primary N) is 1. The van der Waals surface area contributed by atoms with Crippen LogP contribution in [-0.4, -0.2) is 30.9 Å². The summed E-state index contributed by atoms with van der Waals surface area (Å²) in [6.07, 6.45) is 1.96. The van der Waals surface area contributed by atoms with Gasteiger partial charge in [-0.15, -0.1) is 0 Å². The van der Waals surface area contributed by atoms with Gasteiger partial charge >= 0.3 is 0 Å². The number of rotatable bonds is 4. The Morgan fingerprint density at radius 1 is 1.33 bits per heavy atom. The van der Waals surface area contributed by atoms with Crippen LogP contribution < -0.4 is 10.5 Å². The summed E-state index contributed by atoms with van der Waals surface area (Å²) in [5.74, 6) is 1.17. The highest BCUT2D eigenvalue weighted by Gasteiger charge is 2.21. The van der Waals surface area contributed by atoms with Gasteiger partial charge < -0.3 is 24.8 Å². The molecule has 112 valence electrons. The van der Waals surface area contributed by atoms with Gasteiger partial charge in [0.2, 0.25) is 11.6 Å². The van der Waals surface area contributed by atoms with E-state index in [9.17, 15) is 0 Å². The van der Waals surface area contributed by atoms with Gasteiger partial charge in [0, 0.05) is 13.2 Å². The Bertz CT molecular complexity index is 644. The van der Waals surface area contributed by atoms with Crippen molar-refractivity contribution in [2.45, 2.75) is 12.8 Å². The summed E-state index contributed by atoms with van der Waals surface area (Å²) in [6.45, 7) is 2.11. The minimum Gasteiger partial charge on any atom is -0.488 e. The molecule has 6 heteroatoms. The lowest BCUT2D eigenvalue weighted by molar-refractivity contribution is 0.0498. The van der Waals surface area contributed by atoms with E-state index in [-0.39, 0.29) is 11.6 Å². The average Bonchev–Trinajstić information content (AvgIpc) is 2.92. The molecule has 1 fully saturated rings. The predicted octanol–water partition coefficient (Wildman–Crippen LogP) is 2.33. The van der Waals surface area contributed by atoms with E-state index in [1.807, 2.05) is 24.3 Å². The summed E-state index contributed by atoms with van der Waals surface area (Å²) in [7, 11) is 0. The molecule has 0 aliphatic carbocycles. The Morgan fingerprint density at radius 2 is 2.10 bits per heavy atom. The average molecular weight is 290 g/mol. The first kappa shape index (κ1) is 13.8. The molecule has 1 aromatic heterocycles. The second-order valence-corrected chi connectivity index (χ2v) is 5.11. The smallest absolute Gasteiger partial charge is 0.215 e. The number of ether oxygens (including phenoxy) is 2. The Morgan fingerprint density at radius 3 is 2.86 bits per heavy atom. The molecule has 0 amide bonds. The molecule has 1 saturated heterocycles. The number of furan rings is 1. The summed E-state index contributed by atoms with van der Waals surface area (Å²) in [5.41, 5.74) is 6.33. The lowest BCUT2D eigenvalue weighted by Gasteiger charge is -2.22. The Labute approximate surface area is 122 Å². The van der Waals surface area contributed by atoms with Gasteiger partial charge in [-0.05, 0) is 30.9 Å². The normalized spacial score (nSPS) is 17.2. The van der Waals surface area contributed by atoms with Gasteiger partial charge in [-0.1, -0.05) is 17.3 Å². The molecule has 21 heavy (non-hydrogen) atoms. The van der Waals surface area contributed by atoms with Crippen LogP contribution in [-0.2, 0) is 4.74 Å². The molecule has 0 unspecified atom stereocenters. The van der Waals surface area contributed by atoms with Gasteiger partial charge in [0.15, 0.2) is 5.75 Å². The van der Waals surface area contributed by atoms with Gasteiger partial charge in [-0.25, -0.2) is 0 Å². The lowest BCUT2D eigenvalue weighted by Crippen LogP contribution is -2.22. The molecule has 0 bridgehead atoms. The van der Waals surface area contributed by atoms with Crippen molar-refractivity contribution < 1.29 is 19.1 Å². The molecule has 3 rings (SSSR count). The van der Waals surface area contributed by atoms with Crippen molar-refractivity contribution in [1.29, 1.82) is 0 Å². The third kappa shape index (κ3) is 2.80. The van der Waals surface area contributed by atoms with Gasteiger partial charge in [0.05, 0.1) is 12.0 Å². The molecule has 6 nitrogen and oxygen atoms in total. The van der Waals surface area contributed by atoms with Crippen LogP contribution in [0.3, 0.4) is 0 Å². The largest absolute Gasteiger partial charge is 0.488 e. The molecule has 0 saturated carbocycles. The molecule has 1 aliphatic rings. The summed E-state index contributed by atoms with van der Waals surface area (Å²) >= 11 is 0. The Kier molecular flexibility index (Phi) is 3.96. The zero-order valence-electron chi connectivity index (χ0n) is 11.6. The first-order valence-corrected chi connectivity index (χ1v) is 6.99. The van der Waals surface area contributed by atoms with Crippen molar-refractivity contribution in [3.8, 4) is 5.75 Å². The van der Waals surface area contributed by atoms with Crippen LogP contribution in [0.25, 0.3) is 11.0 Å². The molecule has 0 radical (unpaired) electrons. The lowest BCUT2D eigenvalue weighted by atomic mass is 10.0. The van der Waals surface area contributed by atoms with E-state index >= 15 is 0 Å². The van der Waals surface area contributed by atoms with Crippen LogP contribution in [0.2, 0.25) is 0 Å². The first-order valence-electron chi connectivity index (χ1n) is 6.99. The summed E-state index contributed by atoms with van der Waals surface area (Å²) in [6, 6.07) is 7.48. The van der Waals surface area contributed by atoms with E-state index in [1.165, 1.54) is 0 Å². The van der Waals surface area contributed by atoms with E-state index < -0.39 is 0 Å². The fourth-order valence-electron chi connectivity index (χ4n) is 2.49. The SMILES string of the molecule is N/C(=N/O)c1oc2ccccc2c1OCC1CCOCC1. The molecular formula is C15H18N2O4. The van der Waals surface area contributed by atoms with Crippen molar-refractivity contribution in [2.24, 2.45) is 16.8 Å². The van der Waals surface area contributed by atoms with Crippen molar-refractivity contribution in [3.63, 3.8) is 0 Å². The number of amidine groups is 1. The minimum atomic E-state index is -0.0897. The topological polar surface area (TPSA) is 90.2 Å². The highest BCUT2D eigenvalue weighted by molar-refractivity contribution is 6.03. The minimum absolute atomic E-state index is 0.0897. The Hall–Kier alpha value is -2.21. The number of nitrogens with zero attached hydrogens (tertiary/aromatic N) is 1. The molecule has 0 spiro atoms. The maximum Gasteiger partial charge on any atom is 0.215 e. The molecule has 2 aromatic rings. The zero-order chi connectivity index (χ0) is 14.7. The standard InChI is InChI=1S/C15H18N2O4/c16-15(17-18)14-13(11-3-1-2-4-12(11)21-14)20-9-10-5-7-19-8-6-10/h1-4,10,18H,5-9H2,(H2,16,17). The Balaban J connectivity index is 1.87. The van der Waals surface area contributed by atoms with Crippen LogP contribution in [0.15, 0.2) is 33.8 Å². The van der Waals surface area contributed by atoms with Crippen LogP contribution in [0, 0.1) is 5.92 Å². The van der Waals surface area contributed by atoms with Crippen molar-refractivity contribution in [2.75, 3.05) is 19.8 Å². The van der Waals surface area contributed by atoms with Crippen molar-refractivity contribution in [3.05, 3.63) is 30.0 Å². The quantitative estimate of drug-likeness (QED) is 0.390. The fraction of sp³-hybridized carbons (Fsp3) is 0.400. The van der Waals surface area contributed by atoms with Crippen LogP contribution >= 0.6 is 0 Å². The number of fused-ring (bicyclic) bond motifs is 1. The molecule has 3 N–H and O–H groups in total. The summed E-state index contributed by atoms with van der Waals surface area (Å²) in [4.78, 5) is 0. The van der Waals surface area contributed by atoms with E-state index in [4.69, 9.17) is 24.8 Å². The van der Waals surface area contributed by atoms with E-state index in [0.29, 0.717) is 23.9 Å². The number of hydrogen-bond donors (Lipinski definition) is 2. The van der Waals surface area contributed by atoms with Crippen LogP contribution in [0.5, 0.6) is 5.75 Å². The summed E-state index contributed by atoms with van der Waals surface area (Å²) in [5, 5.41) is 12.7. The molecule has 1 aromatic carbocycles. The highest BCUT2D eigenvalue weighted by atomic mass is 16.5. The second kappa shape index (κ2) is 6.05.